The average Bonchev–Trinajstić information content (AvgIpc) is 2.46. The van der Waals surface area contributed by atoms with E-state index in [1.807, 2.05) is 0 Å². The minimum atomic E-state index is -0.129. The van der Waals surface area contributed by atoms with Crippen molar-refractivity contribution in [1.29, 1.82) is 0 Å². The molecule has 3 heteroatoms. The fourth-order valence-corrected chi connectivity index (χ4v) is 4.60. The van der Waals surface area contributed by atoms with Crippen LogP contribution >= 0.6 is 0 Å². The molecule has 3 nitrogen and oxygen atoms in total. The number of hydrogen-bond donors (Lipinski definition) is 2. The SMILES string of the molecule is CCNC(C)(CO)CC(C)N1CCCC2CCCCC21. The Labute approximate surface area is 125 Å². The molecule has 2 aliphatic rings. The maximum absolute atomic E-state index is 9.72. The highest BCUT2D eigenvalue weighted by molar-refractivity contribution is 4.93. The summed E-state index contributed by atoms with van der Waals surface area (Å²) in [7, 11) is 0. The molecule has 4 atom stereocenters. The molecule has 1 saturated heterocycles. The predicted octanol–water partition coefficient (Wildman–Crippen LogP) is 2.78. The van der Waals surface area contributed by atoms with Crippen molar-refractivity contribution in [3.8, 4) is 0 Å². The van der Waals surface area contributed by atoms with Gasteiger partial charge in [0, 0.05) is 17.6 Å². The zero-order valence-corrected chi connectivity index (χ0v) is 13.7. The van der Waals surface area contributed by atoms with Crippen LogP contribution in [-0.2, 0) is 0 Å². The maximum Gasteiger partial charge on any atom is 0.0611 e. The molecule has 1 aliphatic heterocycles. The van der Waals surface area contributed by atoms with E-state index in [2.05, 4.69) is 31.0 Å². The first-order chi connectivity index (χ1) is 9.59. The first kappa shape index (κ1) is 16.3. The van der Waals surface area contributed by atoms with E-state index < -0.39 is 0 Å². The molecule has 0 radical (unpaired) electrons. The third-order valence-corrected chi connectivity index (χ3v) is 5.55. The Kier molecular flexibility index (Phi) is 5.88. The molecule has 0 aromatic carbocycles. The summed E-state index contributed by atoms with van der Waals surface area (Å²) in [5.74, 6) is 0.944. The quantitative estimate of drug-likeness (QED) is 0.786. The lowest BCUT2D eigenvalue weighted by molar-refractivity contribution is 0.0144. The van der Waals surface area contributed by atoms with E-state index >= 15 is 0 Å². The molecule has 0 amide bonds. The van der Waals surface area contributed by atoms with Crippen molar-refractivity contribution in [3.63, 3.8) is 0 Å². The van der Waals surface area contributed by atoms with Crippen LogP contribution in [-0.4, -0.2) is 47.3 Å². The Morgan fingerprint density at radius 1 is 1.25 bits per heavy atom. The molecule has 0 spiro atoms. The average molecular weight is 282 g/mol. The fraction of sp³-hybridized carbons (Fsp3) is 1.00. The van der Waals surface area contributed by atoms with Crippen molar-refractivity contribution >= 4 is 0 Å². The van der Waals surface area contributed by atoms with Gasteiger partial charge in [0.2, 0.25) is 0 Å². The standard InChI is InChI=1S/C17H34N2O/c1-4-18-17(3,13-20)12-14(2)19-11-7-9-15-8-5-6-10-16(15)19/h14-16,18,20H,4-13H2,1-3H3. The summed E-state index contributed by atoms with van der Waals surface area (Å²) in [4.78, 5) is 2.76. The first-order valence-corrected chi connectivity index (χ1v) is 8.71. The van der Waals surface area contributed by atoms with Crippen LogP contribution in [0.25, 0.3) is 0 Å². The summed E-state index contributed by atoms with van der Waals surface area (Å²) in [6, 6.07) is 1.38. The van der Waals surface area contributed by atoms with Gasteiger partial charge >= 0.3 is 0 Å². The van der Waals surface area contributed by atoms with Crippen LogP contribution in [0.2, 0.25) is 0 Å². The van der Waals surface area contributed by atoms with Crippen molar-refractivity contribution in [2.45, 2.75) is 83.3 Å². The molecule has 2 N–H and O–H groups in total. The summed E-state index contributed by atoms with van der Waals surface area (Å²) in [6.07, 6.45) is 9.54. The van der Waals surface area contributed by atoms with Gasteiger partial charge in [0.15, 0.2) is 0 Å². The Balaban J connectivity index is 1.97. The molecule has 0 aromatic heterocycles. The van der Waals surface area contributed by atoms with Crippen LogP contribution in [0.1, 0.15) is 65.7 Å². The van der Waals surface area contributed by atoms with Gasteiger partial charge in [0.1, 0.15) is 0 Å². The maximum atomic E-state index is 9.72. The van der Waals surface area contributed by atoms with E-state index in [4.69, 9.17) is 0 Å². The molecule has 20 heavy (non-hydrogen) atoms. The summed E-state index contributed by atoms with van der Waals surface area (Å²) >= 11 is 0. The minimum absolute atomic E-state index is 0.129. The van der Waals surface area contributed by atoms with Crippen molar-refractivity contribution in [3.05, 3.63) is 0 Å². The minimum Gasteiger partial charge on any atom is -0.394 e. The van der Waals surface area contributed by atoms with Crippen molar-refractivity contribution in [2.75, 3.05) is 19.7 Å². The number of likely N-dealkylation sites (N-methyl/N-ethyl adjacent to an activating group) is 1. The number of likely N-dealkylation sites (tertiary alicyclic amines) is 1. The second kappa shape index (κ2) is 7.24. The van der Waals surface area contributed by atoms with E-state index in [0.29, 0.717) is 6.04 Å². The highest BCUT2D eigenvalue weighted by Gasteiger charge is 2.37. The van der Waals surface area contributed by atoms with Crippen LogP contribution in [0.15, 0.2) is 0 Å². The lowest BCUT2D eigenvalue weighted by Gasteiger charge is -2.48. The van der Waals surface area contributed by atoms with Crippen LogP contribution in [0.5, 0.6) is 0 Å². The lowest BCUT2D eigenvalue weighted by Crippen LogP contribution is -2.55. The first-order valence-electron chi connectivity index (χ1n) is 8.71. The van der Waals surface area contributed by atoms with Crippen LogP contribution in [0, 0.1) is 5.92 Å². The second-order valence-electron chi connectivity index (χ2n) is 7.29. The number of nitrogens with zero attached hydrogens (tertiary/aromatic N) is 1. The van der Waals surface area contributed by atoms with Gasteiger partial charge in [-0.3, -0.25) is 4.90 Å². The van der Waals surface area contributed by atoms with E-state index in [-0.39, 0.29) is 12.1 Å². The second-order valence-corrected chi connectivity index (χ2v) is 7.29. The monoisotopic (exact) mass is 282 g/mol. The highest BCUT2D eigenvalue weighted by atomic mass is 16.3. The highest BCUT2D eigenvalue weighted by Crippen LogP contribution is 2.37. The molecule has 4 unspecified atom stereocenters. The molecule has 1 saturated carbocycles. The summed E-state index contributed by atoms with van der Waals surface area (Å²) in [5.41, 5.74) is -0.129. The number of aliphatic hydroxyl groups excluding tert-OH is 1. The van der Waals surface area contributed by atoms with Crippen LogP contribution < -0.4 is 5.32 Å². The van der Waals surface area contributed by atoms with Gasteiger partial charge in [0.25, 0.3) is 0 Å². The van der Waals surface area contributed by atoms with E-state index in [9.17, 15) is 5.11 Å². The molecule has 1 heterocycles. The topological polar surface area (TPSA) is 35.5 Å². The number of nitrogens with one attached hydrogen (secondary N) is 1. The number of hydrogen-bond acceptors (Lipinski definition) is 3. The smallest absolute Gasteiger partial charge is 0.0611 e. The molecule has 1 aliphatic carbocycles. The third-order valence-electron chi connectivity index (χ3n) is 5.55. The van der Waals surface area contributed by atoms with Gasteiger partial charge in [-0.15, -0.1) is 0 Å². The van der Waals surface area contributed by atoms with Crippen molar-refractivity contribution in [2.24, 2.45) is 5.92 Å². The molecular weight excluding hydrogens is 248 g/mol. The van der Waals surface area contributed by atoms with Crippen LogP contribution in [0.3, 0.4) is 0 Å². The summed E-state index contributed by atoms with van der Waals surface area (Å²) in [5, 5.41) is 13.2. The Hall–Kier alpha value is -0.120. The van der Waals surface area contributed by atoms with E-state index in [1.54, 1.807) is 0 Å². The van der Waals surface area contributed by atoms with Gasteiger partial charge < -0.3 is 10.4 Å². The molecule has 2 rings (SSSR count). The number of rotatable bonds is 6. The summed E-state index contributed by atoms with van der Waals surface area (Å²) in [6.45, 7) is 9.06. The van der Waals surface area contributed by atoms with Gasteiger partial charge in [-0.05, 0) is 65.0 Å². The fourth-order valence-electron chi connectivity index (χ4n) is 4.60. The zero-order valence-electron chi connectivity index (χ0n) is 13.7. The Morgan fingerprint density at radius 2 is 1.95 bits per heavy atom. The van der Waals surface area contributed by atoms with E-state index in [1.165, 1.54) is 45.1 Å². The zero-order chi connectivity index (χ0) is 14.6. The molecule has 0 bridgehead atoms. The summed E-state index contributed by atoms with van der Waals surface area (Å²) < 4.78 is 0. The van der Waals surface area contributed by atoms with E-state index in [0.717, 1.165) is 24.9 Å². The van der Waals surface area contributed by atoms with Gasteiger partial charge in [-0.1, -0.05) is 19.8 Å². The van der Waals surface area contributed by atoms with Crippen molar-refractivity contribution < 1.29 is 5.11 Å². The molecular formula is C17H34N2O. The normalized spacial score (nSPS) is 32.4. The number of fused-ring (bicyclic) bond motifs is 1. The largest absolute Gasteiger partial charge is 0.394 e. The van der Waals surface area contributed by atoms with Crippen molar-refractivity contribution in [1.82, 2.24) is 10.2 Å². The molecule has 2 fully saturated rings. The van der Waals surface area contributed by atoms with Gasteiger partial charge in [-0.25, -0.2) is 0 Å². The number of piperidine rings is 1. The van der Waals surface area contributed by atoms with Crippen LogP contribution in [0.4, 0.5) is 0 Å². The molecule has 118 valence electrons. The Bertz CT molecular complexity index is 295. The third kappa shape index (κ3) is 3.75. The Morgan fingerprint density at radius 3 is 2.65 bits per heavy atom. The van der Waals surface area contributed by atoms with Gasteiger partial charge in [0.05, 0.1) is 6.61 Å². The molecule has 0 aromatic rings. The van der Waals surface area contributed by atoms with Gasteiger partial charge in [-0.2, -0.15) is 0 Å². The number of aliphatic hydroxyl groups is 1. The lowest BCUT2D eigenvalue weighted by atomic mass is 9.77. The predicted molar refractivity (Wildman–Crippen MR) is 84.9 cm³/mol.